The van der Waals surface area contributed by atoms with Gasteiger partial charge in [0.25, 0.3) is 0 Å². The summed E-state index contributed by atoms with van der Waals surface area (Å²) < 4.78 is 0. The van der Waals surface area contributed by atoms with Crippen LogP contribution in [0.1, 0.15) is 0 Å². The van der Waals surface area contributed by atoms with E-state index in [4.69, 9.17) is 5.26 Å². The molecular weight excluding hydrogens is 128 g/mol. The molecule has 0 bridgehead atoms. The van der Waals surface area contributed by atoms with Gasteiger partial charge in [0.15, 0.2) is 5.04 Å². The second kappa shape index (κ2) is 2.86. The second-order valence-corrected chi connectivity index (χ2v) is 0.619. The third kappa shape index (κ3) is 1.33. The average Bonchev–Trinajstić information content (AvgIpc) is 1.90. The molecule has 1 fully saturated rings. The van der Waals surface area contributed by atoms with Gasteiger partial charge in [-0.15, -0.1) is 0 Å². The first-order valence-corrected chi connectivity index (χ1v) is 1.35. The van der Waals surface area contributed by atoms with E-state index in [1.54, 1.807) is 0 Å². The molecule has 0 aromatic carbocycles. The van der Waals surface area contributed by atoms with Crippen LogP contribution < -0.4 is 0 Å². The normalized spacial score (nSPS) is 23.6. The van der Waals surface area contributed by atoms with Crippen LogP contribution in [0.25, 0.3) is 0 Å². The molecule has 0 unspecified atom stereocenters. The van der Waals surface area contributed by atoms with Crippen LogP contribution in [0.4, 0.5) is 0 Å². The standard InChI is InChI=1S/O8/c1-2-8-6-4-3-5-7-8/p+1. The number of hydrogen-bond donors (Lipinski definition) is 1. The van der Waals surface area contributed by atoms with Crippen LogP contribution in [0, 0.1) is 0 Å². The minimum absolute atomic E-state index is 0.719. The summed E-state index contributed by atoms with van der Waals surface area (Å²) in [7, 11) is 0. The highest BCUT2D eigenvalue weighted by Gasteiger charge is 2.30. The lowest BCUT2D eigenvalue weighted by Gasteiger charge is -1.99. The first-order valence-electron chi connectivity index (χ1n) is 1.35. The van der Waals surface area contributed by atoms with Crippen LogP contribution in [0.3, 0.4) is 0 Å². The molecule has 0 aromatic heterocycles. The molecule has 0 saturated carbocycles. The van der Waals surface area contributed by atoms with Crippen molar-refractivity contribution in [2.75, 3.05) is 0 Å². The van der Waals surface area contributed by atoms with E-state index < -0.39 is 0 Å². The minimum atomic E-state index is 0.719. The summed E-state index contributed by atoms with van der Waals surface area (Å²) in [6.45, 7) is 0. The van der Waals surface area contributed by atoms with Crippen molar-refractivity contribution < 1.29 is 40.3 Å². The zero-order valence-electron chi connectivity index (χ0n) is 3.30. The summed E-state index contributed by atoms with van der Waals surface area (Å²) in [6.07, 6.45) is 0. The molecule has 8 heavy (non-hydrogen) atoms. The van der Waals surface area contributed by atoms with E-state index in [2.05, 4.69) is 30.2 Å². The predicted octanol–water partition coefficient (Wildman–Crippen LogP) is -0.470. The molecule has 0 aromatic rings. The van der Waals surface area contributed by atoms with Gasteiger partial charge in [-0.05, 0) is 0 Å². The van der Waals surface area contributed by atoms with Gasteiger partial charge in [-0.1, -0.05) is 0 Å². The van der Waals surface area contributed by atoms with Gasteiger partial charge in [-0.3, -0.25) is 0 Å². The molecule has 1 aliphatic rings. The van der Waals surface area contributed by atoms with E-state index in [0.717, 1.165) is 4.82 Å². The summed E-state index contributed by atoms with van der Waals surface area (Å²) in [5.41, 5.74) is 0. The molecule has 8 heteroatoms. The minimum Gasteiger partial charge on any atom is -0.174 e. The van der Waals surface area contributed by atoms with Crippen molar-refractivity contribution >= 4 is 0 Å². The summed E-state index contributed by atoms with van der Waals surface area (Å²) in [6, 6.07) is 0. The van der Waals surface area contributed by atoms with Gasteiger partial charge in [0, 0.05) is 15.1 Å². The van der Waals surface area contributed by atoms with Crippen molar-refractivity contribution in [1.82, 2.24) is 0 Å². The van der Waals surface area contributed by atoms with E-state index in [1.807, 2.05) is 0 Å². The lowest BCUT2D eigenvalue weighted by atomic mass is 13.9. The van der Waals surface area contributed by atoms with Gasteiger partial charge >= 0.3 is 0 Å². The predicted molar refractivity (Wildman–Crippen MR) is 10.2 cm³/mol. The highest BCUT2D eigenvalue weighted by molar-refractivity contribution is 3.22. The van der Waals surface area contributed by atoms with Crippen LogP contribution >= 0.6 is 0 Å². The largest absolute Gasteiger partial charge is 0.235 e. The maximum absolute atomic E-state index is 7.61. The first-order chi connectivity index (χ1) is 3.93. The fourth-order valence-electron chi connectivity index (χ4n) is 0.116. The van der Waals surface area contributed by atoms with Gasteiger partial charge in [-0.25, -0.2) is 0 Å². The monoisotopic (exact) mass is 129 g/mol. The summed E-state index contributed by atoms with van der Waals surface area (Å²) >= 11 is 0. The smallest absolute Gasteiger partial charge is 0.174 e. The van der Waals surface area contributed by atoms with E-state index in [9.17, 15) is 0 Å². The lowest BCUT2D eigenvalue weighted by molar-refractivity contribution is -1.06. The number of rotatable bonds is 1. The zero-order chi connectivity index (χ0) is 5.82. The quantitative estimate of drug-likeness (QED) is 0.291. The lowest BCUT2D eigenvalue weighted by Crippen LogP contribution is -2.21. The molecule has 0 atom stereocenters. The third-order valence-corrected chi connectivity index (χ3v) is 0.283. The summed E-state index contributed by atoms with van der Waals surface area (Å²) in [5, 5.41) is 28.6. The van der Waals surface area contributed by atoms with Crippen molar-refractivity contribution in [3.8, 4) is 0 Å². The van der Waals surface area contributed by atoms with E-state index in [0.29, 0.717) is 0 Å². The van der Waals surface area contributed by atoms with Crippen molar-refractivity contribution in [3.63, 3.8) is 0 Å². The third-order valence-electron chi connectivity index (χ3n) is 0.283. The Morgan fingerprint density at radius 1 is 1.12 bits per heavy atom. The van der Waals surface area contributed by atoms with Crippen LogP contribution in [-0.4, -0.2) is 5.26 Å². The van der Waals surface area contributed by atoms with Gasteiger partial charge in [0.2, 0.25) is 14.9 Å². The summed E-state index contributed by atoms with van der Waals surface area (Å²) in [4.78, 5) is 0.719. The molecule has 0 spiro atoms. The Labute approximate surface area is 41.7 Å². The highest BCUT2D eigenvalue weighted by Crippen LogP contribution is 2.07. The molecule has 1 N–H and O–H groups in total. The fourth-order valence-corrected chi connectivity index (χ4v) is 0.116. The van der Waals surface area contributed by atoms with Gasteiger partial charge in [0.1, 0.15) is 0 Å². The second-order valence-electron chi connectivity index (χ2n) is 0.619. The zero-order valence-corrected chi connectivity index (χ0v) is 3.30. The van der Waals surface area contributed by atoms with Crippen LogP contribution in [-0.2, 0) is 35.0 Å². The first kappa shape index (κ1) is 5.81. The van der Waals surface area contributed by atoms with E-state index in [-0.39, 0.29) is 0 Å². The topological polar surface area (TPSA) is 78.3 Å². The van der Waals surface area contributed by atoms with Crippen molar-refractivity contribution in [1.29, 1.82) is 0 Å². The van der Waals surface area contributed by atoms with Gasteiger partial charge in [0.05, 0.1) is 0 Å². The Balaban J connectivity index is 2.13. The molecule has 8 nitrogen and oxygen atoms in total. The molecule has 0 aliphatic carbocycles. The molecule has 1 aliphatic heterocycles. The molecule has 0 amide bonds. The van der Waals surface area contributed by atoms with E-state index in [1.165, 1.54) is 0 Å². The van der Waals surface area contributed by atoms with Crippen molar-refractivity contribution in [2.24, 2.45) is 0 Å². The Morgan fingerprint density at radius 2 is 1.75 bits per heavy atom. The Bertz CT molecular complexity index is 51.1. The fraction of sp³-hybridized carbons (Fsp3) is 0. The molecule has 1 saturated heterocycles. The maximum Gasteiger partial charge on any atom is 0.235 e. The molecular formula is HO8+. The van der Waals surface area contributed by atoms with Crippen molar-refractivity contribution in [2.45, 2.75) is 0 Å². The maximum atomic E-state index is 7.61. The highest BCUT2D eigenvalue weighted by atomic mass is 18.1. The Kier molecular flexibility index (Phi) is 2.08. The molecule has 1 rings (SSSR count). The van der Waals surface area contributed by atoms with Crippen LogP contribution in [0.2, 0.25) is 0 Å². The SMILES string of the molecule is OO[O+]1OOOOO1. The average molecular weight is 129 g/mol. The Hall–Kier alpha value is -0.320. The van der Waals surface area contributed by atoms with Gasteiger partial charge < -0.3 is 0 Å². The van der Waals surface area contributed by atoms with E-state index >= 15 is 0 Å². The van der Waals surface area contributed by atoms with Crippen LogP contribution in [0.15, 0.2) is 0 Å². The molecule has 1 heterocycles. The molecule has 48 valence electrons. The summed E-state index contributed by atoms with van der Waals surface area (Å²) in [5.74, 6) is 0. The Morgan fingerprint density at radius 3 is 2.12 bits per heavy atom. The van der Waals surface area contributed by atoms with Gasteiger partial charge in [-0.2, -0.15) is 5.26 Å². The number of hydrogen-bond acceptors (Lipinski definition) is 7. The van der Waals surface area contributed by atoms with Crippen molar-refractivity contribution in [3.05, 3.63) is 0 Å². The van der Waals surface area contributed by atoms with Crippen LogP contribution in [0.5, 0.6) is 0 Å². The molecule has 0 radical (unpaired) electrons.